The van der Waals surface area contributed by atoms with Crippen LogP contribution in [-0.4, -0.2) is 17.1 Å². The zero-order chi connectivity index (χ0) is 13.0. The molecule has 0 aliphatic rings. The van der Waals surface area contributed by atoms with Gasteiger partial charge in [0.2, 0.25) is 5.56 Å². The van der Waals surface area contributed by atoms with Gasteiger partial charge in [-0.15, -0.1) is 11.8 Å². The first kappa shape index (κ1) is 12.4. The van der Waals surface area contributed by atoms with Gasteiger partial charge in [-0.25, -0.2) is 0 Å². The molecule has 0 spiro atoms. The van der Waals surface area contributed by atoms with Gasteiger partial charge in [-0.05, 0) is 24.5 Å². The normalized spacial score (nSPS) is 10.1. The lowest BCUT2D eigenvalue weighted by Crippen LogP contribution is -2.14. The van der Waals surface area contributed by atoms with Crippen LogP contribution in [0.4, 0.5) is 5.69 Å². The Labute approximate surface area is 108 Å². The Balaban J connectivity index is 2.21. The molecule has 1 heterocycles. The summed E-state index contributed by atoms with van der Waals surface area (Å²) in [6, 6.07) is 10.4. The molecule has 1 aromatic heterocycles. The number of carbonyl (C=O) groups is 1. The van der Waals surface area contributed by atoms with Gasteiger partial charge < -0.3 is 10.3 Å². The van der Waals surface area contributed by atoms with E-state index in [1.54, 1.807) is 11.8 Å². The summed E-state index contributed by atoms with van der Waals surface area (Å²) in [5, 5.41) is 2.82. The van der Waals surface area contributed by atoms with E-state index >= 15 is 0 Å². The first-order chi connectivity index (χ1) is 8.70. The van der Waals surface area contributed by atoms with Gasteiger partial charge in [0.1, 0.15) is 0 Å². The van der Waals surface area contributed by atoms with Crippen LogP contribution in [0.5, 0.6) is 0 Å². The first-order valence-corrected chi connectivity index (χ1v) is 6.56. The van der Waals surface area contributed by atoms with Crippen molar-refractivity contribution in [3.63, 3.8) is 0 Å². The molecule has 0 fully saturated rings. The minimum atomic E-state index is -0.243. The van der Waals surface area contributed by atoms with Crippen LogP contribution in [0.1, 0.15) is 10.4 Å². The Morgan fingerprint density at radius 1 is 1.22 bits per heavy atom. The van der Waals surface area contributed by atoms with Crippen LogP contribution in [-0.2, 0) is 0 Å². The van der Waals surface area contributed by atoms with Crippen LogP contribution in [0.3, 0.4) is 0 Å². The molecule has 0 saturated carbocycles. The second-order valence-corrected chi connectivity index (χ2v) is 4.44. The number of aromatic nitrogens is 1. The zero-order valence-corrected chi connectivity index (χ0v) is 10.6. The lowest BCUT2D eigenvalue weighted by atomic mass is 10.2. The number of aromatic amines is 1. The van der Waals surface area contributed by atoms with E-state index in [1.807, 2.05) is 30.5 Å². The molecular weight excluding hydrogens is 248 g/mol. The summed E-state index contributed by atoms with van der Waals surface area (Å²) in [6.07, 6.45) is 3.35. The lowest BCUT2D eigenvalue weighted by Gasteiger charge is -2.08. The fourth-order valence-electron chi connectivity index (χ4n) is 1.49. The zero-order valence-electron chi connectivity index (χ0n) is 9.77. The van der Waals surface area contributed by atoms with Crippen molar-refractivity contribution in [1.29, 1.82) is 0 Å². The molecule has 0 saturated heterocycles. The maximum absolute atomic E-state index is 12.0. The Kier molecular flexibility index (Phi) is 3.84. The fraction of sp³-hybridized carbons (Fsp3) is 0.0769. The van der Waals surface area contributed by atoms with E-state index in [2.05, 4.69) is 10.3 Å². The monoisotopic (exact) mass is 260 g/mol. The average Bonchev–Trinajstić information content (AvgIpc) is 2.40. The fourth-order valence-corrected chi connectivity index (χ4v) is 2.05. The van der Waals surface area contributed by atoms with Crippen molar-refractivity contribution >= 4 is 23.4 Å². The smallest absolute Gasteiger partial charge is 0.257 e. The highest BCUT2D eigenvalue weighted by molar-refractivity contribution is 7.98. The second-order valence-electron chi connectivity index (χ2n) is 3.60. The van der Waals surface area contributed by atoms with Crippen LogP contribution in [0.15, 0.2) is 52.3 Å². The molecule has 0 aliphatic heterocycles. The molecule has 0 bridgehead atoms. The Morgan fingerprint density at radius 2 is 2.00 bits per heavy atom. The summed E-state index contributed by atoms with van der Waals surface area (Å²) < 4.78 is 0. The highest BCUT2D eigenvalue weighted by atomic mass is 32.2. The number of rotatable bonds is 3. The number of benzene rings is 1. The highest BCUT2D eigenvalue weighted by Crippen LogP contribution is 2.24. The van der Waals surface area contributed by atoms with E-state index in [0.29, 0.717) is 5.56 Å². The summed E-state index contributed by atoms with van der Waals surface area (Å²) in [7, 11) is 0. The van der Waals surface area contributed by atoms with E-state index in [9.17, 15) is 9.59 Å². The van der Waals surface area contributed by atoms with Gasteiger partial charge in [0, 0.05) is 17.2 Å². The first-order valence-electron chi connectivity index (χ1n) is 5.34. The van der Waals surface area contributed by atoms with Crippen molar-refractivity contribution in [3.8, 4) is 0 Å². The van der Waals surface area contributed by atoms with Gasteiger partial charge in [0.15, 0.2) is 0 Å². The van der Waals surface area contributed by atoms with Gasteiger partial charge in [-0.2, -0.15) is 0 Å². The average molecular weight is 260 g/mol. The molecule has 18 heavy (non-hydrogen) atoms. The number of hydrogen-bond donors (Lipinski definition) is 2. The number of H-pyrrole nitrogens is 1. The van der Waals surface area contributed by atoms with E-state index < -0.39 is 0 Å². The van der Waals surface area contributed by atoms with Gasteiger partial charge in [-0.3, -0.25) is 9.59 Å². The predicted molar refractivity (Wildman–Crippen MR) is 73.2 cm³/mol. The maximum atomic E-state index is 12.0. The molecule has 2 aromatic rings. The van der Waals surface area contributed by atoms with Gasteiger partial charge in [0.05, 0.1) is 11.3 Å². The number of thioether (sulfide) groups is 1. The van der Waals surface area contributed by atoms with Gasteiger partial charge >= 0.3 is 0 Å². The molecule has 0 aliphatic carbocycles. The lowest BCUT2D eigenvalue weighted by molar-refractivity contribution is 0.102. The van der Waals surface area contributed by atoms with Crippen molar-refractivity contribution in [3.05, 3.63) is 58.5 Å². The number of anilines is 1. The van der Waals surface area contributed by atoms with Crippen LogP contribution >= 0.6 is 11.8 Å². The number of hydrogen-bond acceptors (Lipinski definition) is 3. The molecule has 0 unspecified atom stereocenters. The SMILES string of the molecule is CSc1ccccc1NC(=O)c1ccc(=O)[nH]c1. The second kappa shape index (κ2) is 5.55. The quantitative estimate of drug-likeness (QED) is 0.833. The third-order valence-corrected chi connectivity index (χ3v) is 3.20. The molecule has 2 N–H and O–H groups in total. The number of para-hydroxylation sites is 1. The molecular formula is C13H12N2O2S. The van der Waals surface area contributed by atoms with Crippen LogP contribution in [0.25, 0.3) is 0 Å². The number of carbonyl (C=O) groups excluding carboxylic acids is 1. The molecule has 0 atom stereocenters. The van der Waals surface area contributed by atoms with Crippen molar-refractivity contribution in [2.24, 2.45) is 0 Å². The molecule has 1 aromatic carbocycles. The van der Waals surface area contributed by atoms with Crippen molar-refractivity contribution in [2.45, 2.75) is 4.90 Å². The summed E-state index contributed by atoms with van der Waals surface area (Å²) in [4.78, 5) is 26.3. The minimum Gasteiger partial charge on any atom is -0.328 e. The van der Waals surface area contributed by atoms with Crippen LogP contribution < -0.4 is 10.9 Å². The minimum absolute atomic E-state index is 0.226. The largest absolute Gasteiger partial charge is 0.328 e. The Morgan fingerprint density at radius 3 is 2.67 bits per heavy atom. The van der Waals surface area contributed by atoms with Crippen molar-refractivity contribution in [2.75, 3.05) is 11.6 Å². The van der Waals surface area contributed by atoms with E-state index in [0.717, 1.165) is 10.6 Å². The van der Waals surface area contributed by atoms with Gasteiger partial charge in [0.25, 0.3) is 5.91 Å². The van der Waals surface area contributed by atoms with E-state index in [4.69, 9.17) is 0 Å². The predicted octanol–water partition coefficient (Wildman–Crippen LogP) is 2.35. The Bertz CT molecular complexity index is 602. The van der Waals surface area contributed by atoms with Crippen LogP contribution in [0, 0.1) is 0 Å². The van der Waals surface area contributed by atoms with Gasteiger partial charge in [-0.1, -0.05) is 12.1 Å². The molecule has 92 valence electrons. The maximum Gasteiger partial charge on any atom is 0.257 e. The molecule has 1 amide bonds. The highest BCUT2D eigenvalue weighted by Gasteiger charge is 2.08. The summed E-state index contributed by atoms with van der Waals surface area (Å²) in [6.45, 7) is 0. The van der Waals surface area contributed by atoms with E-state index in [1.165, 1.54) is 18.3 Å². The topological polar surface area (TPSA) is 62.0 Å². The summed E-state index contributed by atoms with van der Waals surface area (Å²) >= 11 is 1.56. The number of pyridine rings is 1. The number of nitrogens with one attached hydrogen (secondary N) is 2. The Hall–Kier alpha value is -2.01. The molecule has 5 heteroatoms. The van der Waals surface area contributed by atoms with Crippen molar-refractivity contribution < 1.29 is 4.79 Å². The molecule has 2 rings (SSSR count). The third kappa shape index (κ3) is 2.81. The van der Waals surface area contributed by atoms with Crippen molar-refractivity contribution in [1.82, 2.24) is 4.98 Å². The standard InChI is InChI=1S/C13H12N2O2S/c1-18-11-5-3-2-4-10(11)15-13(17)9-6-7-12(16)14-8-9/h2-8H,1H3,(H,14,16)(H,15,17). The summed E-state index contributed by atoms with van der Waals surface area (Å²) in [5.74, 6) is -0.243. The molecule has 4 nitrogen and oxygen atoms in total. The van der Waals surface area contributed by atoms with Crippen LogP contribution in [0.2, 0.25) is 0 Å². The number of amides is 1. The summed E-state index contributed by atoms with van der Waals surface area (Å²) in [5.41, 5.74) is 0.961. The third-order valence-electron chi connectivity index (χ3n) is 2.40. The van der Waals surface area contributed by atoms with E-state index in [-0.39, 0.29) is 11.5 Å². The molecule has 0 radical (unpaired) electrons.